The normalized spacial score (nSPS) is 17.3. The minimum Gasteiger partial charge on any atom is -0.399 e. The van der Waals surface area contributed by atoms with Crippen LogP contribution in [0.5, 0.6) is 0 Å². The summed E-state index contributed by atoms with van der Waals surface area (Å²) >= 11 is 0. The number of aryl methyl sites for hydroxylation is 1. The Labute approximate surface area is 270 Å². The molecular formula is C35H66BNO6P+. The molecule has 0 bridgehead atoms. The van der Waals surface area contributed by atoms with Crippen molar-refractivity contribution in [1.29, 1.82) is 0 Å². The van der Waals surface area contributed by atoms with Gasteiger partial charge in [0.25, 0.3) is 0 Å². The van der Waals surface area contributed by atoms with Crippen LogP contribution in [0.3, 0.4) is 0 Å². The number of benzene rings is 1. The van der Waals surface area contributed by atoms with Crippen molar-refractivity contribution >= 4 is 20.4 Å². The molecule has 0 spiro atoms. The van der Waals surface area contributed by atoms with Gasteiger partial charge in [0.1, 0.15) is 12.6 Å². The van der Waals surface area contributed by atoms with Crippen molar-refractivity contribution < 1.29 is 32.7 Å². The van der Waals surface area contributed by atoms with Crippen LogP contribution in [0.15, 0.2) is 24.3 Å². The molecule has 9 heteroatoms. The number of nitrogens with zero attached hydrogens (tertiary/aromatic N) is 1. The molecule has 1 unspecified atom stereocenters. The third-order valence-corrected chi connectivity index (χ3v) is 9.86. The number of hydrogen-bond acceptors (Lipinski definition) is 4. The van der Waals surface area contributed by atoms with Crippen molar-refractivity contribution in [1.82, 2.24) is 0 Å². The van der Waals surface area contributed by atoms with E-state index < -0.39 is 7.82 Å². The second kappa shape index (κ2) is 19.2. The summed E-state index contributed by atoms with van der Waals surface area (Å²) in [6, 6.07) is 8.81. The van der Waals surface area contributed by atoms with Gasteiger partial charge >= 0.3 is 14.9 Å². The smallest absolute Gasteiger partial charge is 0.399 e. The van der Waals surface area contributed by atoms with Gasteiger partial charge in [-0.3, -0.25) is 4.52 Å². The molecule has 254 valence electrons. The summed E-state index contributed by atoms with van der Waals surface area (Å²) in [5.41, 5.74) is 1.92. The maximum atomic E-state index is 11.3. The van der Waals surface area contributed by atoms with Crippen molar-refractivity contribution in [3.8, 4) is 0 Å². The van der Waals surface area contributed by atoms with Crippen LogP contribution in [0.4, 0.5) is 0 Å². The Bertz CT molecular complexity index is 943. The van der Waals surface area contributed by atoms with E-state index in [0.29, 0.717) is 17.4 Å². The van der Waals surface area contributed by atoms with E-state index in [-0.39, 0.29) is 24.4 Å². The molecule has 2 rings (SSSR count). The van der Waals surface area contributed by atoms with E-state index in [0.717, 1.165) is 24.7 Å². The summed E-state index contributed by atoms with van der Waals surface area (Å²) < 4.78 is 29.3. The predicted octanol–water partition coefficient (Wildman–Crippen LogP) is 8.34. The first-order valence-corrected chi connectivity index (χ1v) is 19.1. The minimum atomic E-state index is -4.43. The molecule has 2 N–H and O–H groups in total. The third-order valence-electron chi connectivity index (χ3n) is 9.28. The summed E-state index contributed by atoms with van der Waals surface area (Å²) in [7, 11) is 1.34. The number of unbranched alkanes of at least 4 members (excludes halogenated alkanes) is 15. The lowest BCUT2D eigenvalue weighted by Crippen LogP contribution is -2.42. The van der Waals surface area contributed by atoms with Gasteiger partial charge in [0.15, 0.2) is 0 Å². The van der Waals surface area contributed by atoms with Gasteiger partial charge in [0.05, 0.1) is 32.3 Å². The average molecular weight is 639 g/mol. The molecule has 0 saturated carbocycles. The van der Waals surface area contributed by atoms with Crippen LogP contribution < -0.4 is 5.46 Å². The molecule has 0 amide bonds. The zero-order chi connectivity index (χ0) is 32.7. The van der Waals surface area contributed by atoms with Gasteiger partial charge in [-0.25, -0.2) is 4.57 Å². The average Bonchev–Trinajstić information content (AvgIpc) is 3.12. The van der Waals surface area contributed by atoms with Crippen LogP contribution in [0.1, 0.15) is 142 Å². The number of rotatable bonds is 24. The molecule has 1 aliphatic rings. The molecule has 1 aromatic rings. The van der Waals surface area contributed by atoms with Crippen molar-refractivity contribution in [3.63, 3.8) is 0 Å². The molecule has 44 heavy (non-hydrogen) atoms. The Morgan fingerprint density at radius 3 is 1.48 bits per heavy atom. The van der Waals surface area contributed by atoms with Crippen LogP contribution in [0.2, 0.25) is 0 Å². The van der Waals surface area contributed by atoms with Crippen LogP contribution in [0, 0.1) is 0 Å². The zero-order valence-corrected chi connectivity index (χ0v) is 30.2. The fourth-order valence-electron chi connectivity index (χ4n) is 5.98. The number of hydrogen-bond donors (Lipinski definition) is 2. The summed E-state index contributed by atoms with van der Waals surface area (Å²) in [6.07, 6.45) is 22.1. The minimum absolute atomic E-state index is 0.276. The van der Waals surface area contributed by atoms with Crippen molar-refractivity contribution in [2.45, 2.75) is 161 Å². The Kier molecular flexibility index (Phi) is 17.2. The van der Waals surface area contributed by atoms with Gasteiger partial charge in [-0.2, -0.15) is 0 Å². The zero-order valence-electron chi connectivity index (χ0n) is 29.3. The predicted molar refractivity (Wildman–Crippen MR) is 184 cm³/mol. The summed E-state index contributed by atoms with van der Waals surface area (Å²) in [5, 5.41) is 0. The highest BCUT2D eigenvalue weighted by molar-refractivity contribution is 7.46. The van der Waals surface area contributed by atoms with Gasteiger partial charge in [-0.1, -0.05) is 121 Å². The van der Waals surface area contributed by atoms with Gasteiger partial charge < -0.3 is 23.6 Å². The van der Waals surface area contributed by atoms with Crippen molar-refractivity contribution in [2.75, 3.05) is 27.7 Å². The van der Waals surface area contributed by atoms with Crippen LogP contribution in [-0.2, 0) is 24.8 Å². The molecule has 1 heterocycles. The number of quaternary nitrogens is 1. The van der Waals surface area contributed by atoms with E-state index in [4.69, 9.17) is 13.8 Å². The lowest BCUT2D eigenvalue weighted by molar-refractivity contribution is -0.873. The molecule has 0 radical (unpaired) electrons. The summed E-state index contributed by atoms with van der Waals surface area (Å²) in [4.78, 5) is 18.4. The van der Waals surface area contributed by atoms with Crippen molar-refractivity contribution in [3.05, 3.63) is 29.8 Å². The lowest BCUT2D eigenvalue weighted by atomic mass is 9.78. The number of phosphoric acid groups is 1. The number of phosphoric ester groups is 1. The molecular weight excluding hydrogens is 572 g/mol. The molecule has 1 atom stereocenters. The van der Waals surface area contributed by atoms with E-state index >= 15 is 0 Å². The van der Waals surface area contributed by atoms with Gasteiger partial charge in [0.2, 0.25) is 0 Å². The second-order valence-electron chi connectivity index (χ2n) is 15.2. The highest BCUT2D eigenvalue weighted by atomic mass is 31.2. The van der Waals surface area contributed by atoms with Crippen LogP contribution in [0.25, 0.3) is 0 Å². The molecule has 1 saturated heterocycles. The highest BCUT2D eigenvalue weighted by Crippen LogP contribution is 2.39. The van der Waals surface area contributed by atoms with E-state index in [9.17, 15) is 14.4 Å². The van der Waals surface area contributed by atoms with Gasteiger partial charge in [-0.15, -0.1) is 0 Å². The monoisotopic (exact) mass is 638 g/mol. The quantitative estimate of drug-likeness (QED) is 0.0513. The van der Waals surface area contributed by atoms with Crippen molar-refractivity contribution in [2.24, 2.45) is 0 Å². The standard InChI is InChI=1S/C35H65BNO6P/c1-34(2)35(3,4)43-36(42-34)32-28-26-31(27-29-32)24-22-20-18-16-14-12-10-8-9-11-13-15-17-19-21-23-25-33(30-37(5,6)7)41-44(38,39)40/h26-29,33H,8-25,30H2,1-7H3,(H-,38,39,40)/p+1. The Morgan fingerprint density at radius 1 is 0.705 bits per heavy atom. The first-order valence-electron chi connectivity index (χ1n) is 17.6. The topological polar surface area (TPSA) is 85.2 Å². The van der Waals surface area contributed by atoms with Gasteiger partial charge in [0, 0.05) is 0 Å². The largest absolute Gasteiger partial charge is 0.494 e. The Morgan fingerprint density at radius 2 is 1.09 bits per heavy atom. The molecule has 1 fully saturated rings. The summed E-state index contributed by atoms with van der Waals surface area (Å²) in [5.74, 6) is 0. The highest BCUT2D eigenvalue weighted by Gasteiger charge is 2.51. The Balaban J connectivity index is 1.37. The third kappa shape index (κ3) is 16.7. The number of likely N-dealkylation sites (N-methyl/N-ethyl adjacent to an activating group) is 1. The first kappa shape index (κ1) is 39.5. The van der Waals surface area contributed by atoms with Gasteiger partial charge in [-0.05, 0) is 58.0 Å². The van der Waals surface area contributed by atoms with E-state index in [1.165, 1.54) is 95.5 Å². The molecule has 0 aliphatic carbocycles. The molecule has 7 nitrogen and oxygen atoms in total. The molecule has 0 aromatic heterocycles. The first-order chi connectivity index (χ1) is 20.6. The fraction of sp³-hybridized carbons (Fsp3) is 0.829. The summed E-state index contributed by atoms with van der Waals surface area (Å²) in [6.45, 7) is 8.99. The maximum Gasteiger partial charge on any atom is 0.494 e. The lowest BCUT2D eigenvalue weighted by Gasteiger charge is -2.32. The van der Waals surface area contributed by atoms with Crippen LogP contribution in [-0.4, -0.2) is 66.4 Å². The molecule has 1 aromatic carbocycles. The van der Waals surface area contributed by atoms with E-state index in [1.54, 1.807) is 0 Å². The van der Waals surface area contributed by atoms with Crippen LogP contribution >= 0.6 is 7.82 Å². The molecule has 1 aliphatic heterocycles. The SMILES string of the molecule is CC1(C)OB(c2ccc(CCCCCCCCCCCCCCCCCCC(C[N+](C)(C)C)OP(=O)(O)O)cc2)OC1(C)C. The van der Waals surface area contributed by atoms with E-state index in [1.807, 2.05) is 21.1 Å². The fourth-order valence-corrected chi connectivity index (χ4v) is 6.54. The van der Waals surface area contributed by atoms with E-state index in [2.05, 4.69) is 52.0 Å². The maximum absolute atomic E-state index is 11.3. The second-order valence-corrected chi connectivity index (χ2v) is 16.4. The Hall–Kier alpha value is -0.725.